The monoisotopic (exact) mass is 306 g/mol. The van der Waals surface area contributed by atoms with E-state index in [1.165, 1.54) is 0 Å². The maximum absolute atomic E-state index is 5.95. The van der Waals surface area contributed by atoms with Gasteiger partial charge in [0.25, 0.3) is 0 Å². The van der Waals surface area contributed by atoms with Gasteiger partial charge < -0.3 is 9.47 Å². The van der Waals surface area contributed by atoms with E-state index in [0.717, 1.165) is 15.1 Å². The van der Waals surface area contributed by atoms with Crippen LogP contribution in [-0.4, -0.2) is 17.1 Å². The zero-order valence-corrected chi connectivity index (χ0v) is 12.5. The maximum Gasteiger partial charge on any atom is 0.232 e. The number of rotatable bonds is 3. The van der Waals surface area contributed by atoms with Crippen molar-refractivity contribution in [1.82, 2.24) is 9.97 Å². The van der Waals surface area contributed by atoms with Crippen LogP contribution in [0.4, 0.5) is 0 Å². The molecule has 0 bridgehead atoms. The molecule has 0 saturated heterocycles. The van der Waals surface area contributed by atoms with Gasteiger partial charge in [0.05, 0.1) is 12.5 Å². The first kappa shape index (κ1) is 13.1. The Morgan fingerprint density at radius 1 is 1.15 bits per heavy atom. The molecule has 0 fully saturated rings. The van der Waals surface area contributed by atoms with Crippen molar-refractivity contribution in [3.05, 3.63) is 40.5 Å². The molecule has 0 aliphatic rings. The molecule has 0 spiro atoms. The quantitative estimate of drug-likeness (QED) is 0.670. The Morgan fingerprint density at radius 3 is 2.65 bits per heavy atom. The molecule has 1 aromatic carbocycles. The van der Waals surface area contributed by atoms with Gasteiger partial charge in [-0.15, -0.1) is 11.3 Å². The number of thiophene rings is 1. The van der Waals surface area contributed by atoms with Crippen molar-refractivity contribution in [3.63, 3.8) is 0 Å². The molecule has 3 rings (SSSR count). The van der Waals surface area contributed by atoms with Gasteiger partial charge in [0, 0.05) is 4.88 Å². The molecule has 0 aliphatic carbocycles. The Morgan fingerprint density at radius 2 is 1.90 bits per heavy atom. The molecule has 0 N–H and O–H groups in total. The zero-order valence-electron chi connectivity index (χ0n) is 10.9. The fourth-order valence-corrected chi connectivity index (χ4v) is 2.96. The second-order valence-electron chi connectivity index (χ2n) is 4.13. The maximum atomic E-state index is 5.95. The molecule has 0 atom stereocenters. The van der Waals surface area contributed by atoms with Crippen LogP contribution in [0.25, 0.3) is 10.2 Å². The van der Waals surface area contributed by atoms with Crippen LogP contribution in [-0.2, 0) is 0 Å². The fourth-order valence-electron chi connectivity index (χ4n) is 1.88. The van der Waals surface area contributed by atoms with Gasteiger partial charge in [0.2, 0.25) is 11.2 Å². The lowest BCUT2D eigenvalue weighted by molar-refractivity contribution is 0.375. The molecule has 3 aromatic rings. The minimum Gasteiger partial charge on any atom is -0.493 e. The summed E-state index contributed by atoms with van der Waals surface area (Å²) in [5, 5.41) is 1.02. The highest BCUT2D eigenvalue weighted by Crippen LogP contribution is 2.36. The molecule has 0 unspecified atom stereocenters. The third kappa shape index (κ3) is 2.42. The fraction of sp³-hybridized carbons (Fsp3) is 0.143. The van der Waals surface area contributed by atoms with Crippen LogP contribution >= 0.6 is 22.9 Å². The number of ether oxygens (including phenoxy) is 2. The van der Waals surface area contributed by atoms with Crippen LogP contribution in [0, 0.1) is 6.92 Å². The number of hydrogen-bond donors (Lipinski definition) is 0. The first-order chi connectivity index (χ1) is 9.67. The van der Waals surface area contributed by atoms with Crippen molar-refractivity contribution < 1.29 is 9.47 Å². The second-order valence-corrected chi connectivity index (χ2v) is 5.70. The normalized spacial score (nSPS) is 10.8. The van der Waals surface area contributed by atoms with Crippen molar-refractivity contribution in [2.24, 2.45) is 0 Å². The zero-order chi connectivity index (χ0) is 14.1. The number of aromatic nitrogens is 2. The SMILES string of the molecule is COc1ccccc1Oc1nc(Cl)nc2sc(C)cc12. The second kappa shape index (κ2) is 5.26. The summed E-state index contributed by atoms with van der Waals surface area (Å²) >= 11 is 7.50. The van der Waals surface area contributed by atoms with Crippen LogP contribution in [0.2, 0.25) is 5.28 Å². The summed E-state index contributed by atoms with van der Waals surface area (Å²) in [5.41, 5.74) is 0. The van der Waals surface area contributed by atoms with Crippen molar-refractivity contribution in [2.75, 3.05) is 7.11 Å². The Kier molecular flexibility index (Phi) is 3.46. The smallest absolute Gasteiger partial charge is 0.232 e. The Hall–Kier alpha value is -1.85. The molecular formula is C14H11ClN2O2S. The molecule has 0 saturated carbocycles. The summed E-state index contributed by atoms with van der Waals surface area (Å²) in [6, 6.07) is 9.38. The summed E-state index contributed by atoms with van der Waals surface area (Å²) in [5.74, 6) is 1.67. The predicted molar refractivity (Wildman–Crippen MR) is 80.2 cm³/mol. The Bertz CT molecular complexity index is 773. The van der Waals surface area contributed by atoms with E-state index in [9.17, 15) is 0 Å². The number of hydrogen-bond acceptors (Lipinski definition) is 5. The van der Waals surface area contributed by atoms with Gasteiger partial charge in [-0.2, -0.15) is 4.98 Å². The van der Waals surface area contributed by atoms with E-state index >= 15 is 0 Å². The van der Waals surface area contributed by atoms with Crippen molar-refractivity contribution >= 4 is 33.2 Å². The largest absolute Gasteiger partial charge is 0.493 e. The Balaban J connectivity index is 2.10. The van der Waals surface area contributed by atoms with Crippen molar-refractivity contribution in [1.29, 1.82) is 0 Å². The number of fused-ring (bicyclic) bond motifs is 1. The minimum absolute atomic E-state index is 0.171. The van der Waals surface area contributed by atoms with Crippen LogP contribution in [0.15, 0.2) is 30.3 Å². The summed E-state index contributed by atoms with van der Waals surface area (Å²) in [4.78, 5) is 10.3. The van der Waals surface area contributed by atoms with Gasteiger partial charge in [-0.25, -0.2) is 4.98 Å². The molecular weight excluding hydrogens is 296 g/mol. The molecule has 0 amide bonds. The Labute approximate surface area is 125 Å². The molecule has 2 heterocycles. The number of halogens is 1. The summed E-state index contributed by atoms with van der Waals surface area (Å²) in [6.07, 6.45) is 0. The van der Waals surface area contributed by atoms with E-state index in [4.69, 9.17) is 21.1 Å². The minimum atomic E-state index is 0.171. The highest BCUT2D eigenvalue weighted by molar-refractivity contribution is 7.18. The molecule has 0 radical (unpaired) electrons. The van der Waals surface area contributed by atoms with Gasteiger partial charge in [-0.1, -0.05) is 12.1 Å². The van der Waals surface area contributed by atoms with Crippen LogP contribution in [0.5, 0.6) is 17.4 Å². The number of para-hydroxylation sites is 2. The number of aryl methyl sites for hydroxylation is 1. The summed E-state index contributed by atoms with van der Waals surface area (Å²) in [6.45, 7) is 2.01. The molecule has 4 nitrogen and oxygen atoms in total. The first-order valence-corrected chi connectivity index (χ1v) is 7.11. The lowest BCUT2D eigenvalue weighted by atomic mass is 10.3. The van der Waals surface area contributed by atoms with Crippen LogP contribution < -0.4 is 9.47 Å². The first-order valence-electron chi connectivity index (χ1n) is 5.92. The van der Waals surface area contributed by atoms with E-state index in [1.807, 2.05) is 37.3 Å². The van der Waals surface area contributed by atoms with Gasteiger partial charge in [0.1, 0.15) is 4.83 Å². The summed E-state index contributed by atoms with van der Waals surface area (Å²) in [7, 11) is 1.60. The number of benzene rings is 1. The molecule has 102 valence electrons. The molecule has 0 aliphatic heterocycles. The van der Waals surface area contributed by atoms with E-state index < -0.39 is 0 Å². The van der Waals surface area contributed by atoms with Gasteiger partial charge in [-0.3, -0.25) is 0 Å². The number of methoxy groups -OCH3 is 1. The van der Waals surface area contributed by atoms with E-state index in [1.54, 1.807) is 18.4 Å². The van der Waals surface area contributed by atoms with Gasteiger partial charge in [-0.05, 0) is 36.7 Å². The van der Waals surface area contributed by atoms with Crippen molar-refractivity contribution in [2.45, 2.75) is 6.92 Å². The molecule has 2 aromatic heterocycles. The lowest BCUT2D eigenvalue weighted by Crippen LogP contribution is -1.93. The van der Waals surface area contributed by atoms with E-state index in [-0.39, 0.29) is 5.28 Å². The average molecular weight is 307 g/mol. The van der Waals surface area contributed by atoms with Gasteiger partial charge in [0.15, 0.2) is 11.5 Å². The van der Waals surface area contributed by atoms with E-state index in [0.29, 0.717) is 17.4 Å². The van der Waals surface area contributed by atoms with E-state index in [2.05, 4.69) is 9.97 Å². The highest BCUT2D eigenvalue weighted by atomic mass is 35.5. The van der Waals surface area contributed by atoms with Crippen molar-refractivity contribution in [3.8, 4) is 17.4 Å². The standard InChI is InChI=1S/C14H11ClN2O2S/c1-8-7-9-12(16-14(15)17-13(9)20-8)19-11-6-4-3-5-10(11)18-2/h3-7H,1-2H3. The third-order valence-electron chi connectivity index (χ3n) is 2.73. The average Bonchev–Trinajstić information content (AvgIpc) is 2.79. The molecule has 20 heavy (non-hydrogen) atoms. The molecule has 6 heteroatoms. The summed E-state index contributed by atoms with van der Waals surface area (Å²) < 4.78 is 11.1. The number of nitrogens with zero attached hydrogens (tertiary/aromatic N) is 2. The predicted octanol–water partition coefficient (Wildman–Crippen LogP) is 4.45. The third-order valence-corrected chi connectivity index (χ3v) is 3.84. The van der Waals surface area contributed by atoms with Crippen LogP contribution in [0.1, 0.15) is 4.88 Å². The van der Waals surface area contributed by atoms with Crippen LogP contribution in [0.3, 0.4) is 0 Å². The van der Waals surface area contributed by atoms with Gasteiger partial charge >= 0.3 is 0 Å². The topological polar surface area (TPSA) is 44.2 Å². The highest BCUT2D eigenvalue weighted by Gasteiger charge is 2.13. The lowest BCUT2D eigenvalue weighted by Gasteiger charge is -2.09.